The molecule has 0 radical (unpaired) electrons. The van der Waals surface area contributed by atoms with E-state index < -0.39 is 23.5 Å². The molecule has 2 N–H and O–H groups in total. The van der Waals surface area contributed by atoms with Gasteiger partial charge in [-0.05, 0) is 26.0 Å². The van der Waals surface area contributed by atoms with Gasteiger partial charge in [0.05, 0.1) is 5.69 Å². The summed E-state index contributed by atoms with van der Waals surface area (Å²) in [6.45, 7) is 2.99. The molecule has 6 heteroatoms. The first-order valence-corrected chi connectivity index (χ1v) is 4.33. The number of rotatable bonds is 1. The molecule has 0 spiro atoms. The molecule has 0 fully saturated rings. The van der Waals surface area contributed by atoms with Crippen molar-refractivity contribution >= 4 is 5.69 Å². The van der Waals surface area contributed by atoms with Gasteiger partial charge in [0.25, 0.3) is 5.56 Å². The molecule has 0 amide bonds. The van der Waals surface area contributed by atoms with Crippen LogP contribution in [0, 0.1) is 0 Å². The highest BCUT2D eigenvalue weighted by Gasteiger charge is 2.35. The van der Waals surface area contributed by atoms with Crippen LogP contribution in [0.1, 0.15) is 25.6 Å². The number of pyridine rings is 1. The summed E-state index contributed by atoms with van der Waals surface area (Å²) in [5.41, 5.74) is 3.31. The van der Waals surface area contributed by atoms with E-state index in [4.69, 9.17) is 5.73 Å². The van der Waals surface area contributed by atoms with Gasteiger partial charge in [0.1, 0.15) is 5.69 Å². The largest absolute Gasteiger partial charge is 0.431 e. The highest BCUT2D eigenvalue weighted by atomic mass is 19.4. The Morgan fingerprint density at radius 1 is 1.33 bits per heavy atom. The first-order chi connectivity index (χ1) is 6.75. The second kappa shape index (κ2) is 3.60. The molecule has 15 heavy (non-hydrogen) atoms. The van der Waals surface area contributed by atoms with E-state index in [2.05, 4.69) is 0 Å². The second-order valence-corrected chi connectivity index (χ2v) is 3.44. The van der Waals surface area contributed by atoms with Crippen molar-refractivity contribution < 1.29 is 13.2 Å². The van der Waals surface area contributed by atoms with E-state index in [9.17, 15) is 18.0 Å². The molecular weight excluding hydrogens is 209 g/mol. The van der Waals surface area contributed by atoms with E-state index in [-0.39, 0.29) is 5.69 Å². The van der Waals surface area contributed by atoms with Gasteiger partial charge in [0.2, 0.25) is 0 Å². The Morgan fingerprint density at radius 3 is 2.27 bits per heavy atom. The van der Waals surface area contributed by atoms with Crippen molar-refractivity contribution in [1.29, 1.82) is 0 Å². The van der Waals surface area contributed by atoms with Crippen LogP contribution in [0.25, 0.3) is 0 Å². The van der Waals surface area contributed by atoms with Gasteiger partial charge in [0.15, 0.2) is 0 Å². The van der Waals surface area contributed by atoms with Crippen LogP contribution in [0.15, 0.2) is 16.9 Å². The van der Waals surface area contributed by atoms with Crippen molar-refractivity contribution in [2.24, 2.45) is 0 Å². The summed E-state index contributed by atoms with van der Waals surface area (Å²) >= 11 is 0. The number of nitrogens with two attached hydrogens (primary N) is 1. The van der Waals surface area contributed by atoms with E-state index in [0.717, 1.165) is 12.1 Å². The van der Waals surface area contributed by atoms with Gasteiger partial charge in [-0.15, -0.1) is 0 Å². The van der Waals surface area contributed by atoms with Crippen LogP contribution >= 0.6 is 0 Å². The lowest BCUT2D eigenvalue weighted by molar-refractivity contribution is -0.144. The molecule has 0 atom stereocenters. The quantitative estimate of drug-likeness (QED) is 0.787. The zero-order valence-corrected chi connectivity index (χ0v) is 8.30. The minimum atomic E-state index is -4.54. The third-order valence-electron chi connectivity index (χ3n) is 1.95. The maximum absolute atomic E-state index is 12.5. The molecule has 0 unspecified atom stereocenters. The van der Waals surface area contributed by atoms with Crippen LogP contribution in [-0.2, 0) is 6.18 Å². The van der Waals surface area contributed by atoms with E-state index in [1.807, 2.05) is 0 Å². The summed E-state index contributed by atoms with van der Waals surface area (Å²) in [7, 11) is 0. The van der Waals surface area contributed by atoms with Gasteiger partial charge in [-0.25, -0.2) is 0 Å². The summed E-state index contributed by atoms with van der Waals surface area (Å²) in [6.07, 6.45) is -4.54. The molecule has 3 nitrogen and oxygen atoms in total. The van der Waals surface area contributed by atoms with Crippen molar-refractivity contribution in [2.45, 2.75) is 26.1 Å². The molecule has 0 saturated carbocycles. The summed E-state index contributed by atoms with van der Waals surface area (Å²) in [5, 5.41) is 0. The number of aromatic nitrogens is 1. The average molecular weight is 220 g/mol. The molecule has 1 aromatic rings. The lowest BCUT2D eigenvalue weighted by atomic mass is 10.2. The molecule has 1 heterocycles. The fourth-order valence-electron chi connectivity index (χ4n) is 1.31. The standard InChI is InChI=1S/C9H11F3N2O/c1-5(2)14-7(9(10,11)12)4-3-6(13)8(14)15/h3-5H,13H2,1-2H3. The van der Waals surface area contributed by atoms with Gasteiger partial charge in [0, 0.05) is 6.04 Å². The Bertz CT molecular complexity index is 420. The van der Waals surface area contributed by atoms with Crippen molar-refractivity contribution in [1.82, 2.24) is 4.57 Å². The topological polar surface area (TPSA) is 48.0 Å². The Balaban J connectivity index is 3.55. The van der Waals surface area contributed by atoms with Gasteiger partial charge in [-0.1, -0.05) is 0 Å². The molecule has 0 aliphatic heterocycles. The van der Waals surface area contributed by atoms with Crippen molar-refractivity contribution in [3.05, 3.63) is 28.2 Å². The summed E-state index contributed by atoms with van der Waals surface area (Å²) in [5.74, 6) is 0. The maximum Gasteiger partial charge on any atom is 0.431 e. The van der Waals surface area contributed by atoms with Crippen molar-refractivity contribution in [3.8, 4) is 0 Å². The summed E-state index contributed by atoms with van der Waals surface area (Å²) in [6, 6.07) is 1.21. The molecule has 0 saturated heterocycles. The van der Waals surface area contributed by atoms with Crippen LogP contribution in [-0.4, -0.2) is 4.57 Å². The van der Waals surface area contributed by atoms with Gasteiger partial charge in [-0.3, -0.25) is 4.79 Å². The van der Waals surface area contributed by atoms with Crippen LogP contribution in [0.3, 0.4) is 0 Å². The number of hydrogen-bond donors (Lipinski definition) is 1. The van der Waals surface area contributed by atoms with Crippen molar-refractivity contribution in [3.63, 3.8) is 0 Å². The van der Waals surface area contributed by atoms with Crippen LogP contribution in [0.2, 0.25) is 0 Å². The normalized spacial score (nSPS) is 12.1. The zero-order chi connectivity index (χ0) is 11.8. The fourth-order valence-corrected chi connectivity index (χ4v) is 1.31. The Hall–Kier alpha value is -1.46. The molecule has 0 aliphatic rings. The van der Waals surface area contributed by atoms with E-state index in [1.54, 1.807) is 0 Å². The molecule has 1 rings (SSSR count). The van der Waals surface area contributed by atoms with E-state index in [0.29, 0.717) is 4.57 Å². The summed E-state index contributed by atoms with van der Waals surface area (Å²) in [4.78, 5) is 11.4. The minimum absolute atomic E-state index is 0.184. The molecule has 0 aromatic carbocycles. The van der Waals surface area contributed by atoms with Crippen LogP contribution in [0.4, 0.5) is 18.9 Å². The molecule has 1 aromatic heterocycles. The van der Waals surface area contributed by atoms with Gasteiger partial charge >= 0.3 is 6.18 Å². The van der Waals surface area contributed by atoms with E-state index >= 15 is 0 Å². The third-order valence-corrected chi connectivity index (χ3v) is 1.95. The lowest BCUT2D eigenvalue weighted by Crippen LogP contribution is -2.30. The lowest BCUT2D eigenvalue weighted by Gasteiger charge is -2.18. The average Bonchev–Trinajstić information content (AvgIpc) is 2.06. The number of anilines is 1. The highest BCUT2D eigenvalue weighted by molar-refractivity contribution is 5.36. The molecule has 0 bridgehead atoms. The van der Waals surface area contributed by atoms with Crippen LogP contribution in [0.5, 0.6) is 0 Å². The number of halogens is 3. The summed E-state index contributed by atoms with van der Waals surface area (Å²) < 4.78 is 38.2. The minimum Gasteiger partial charge on any atom is -0.394 e. The maximum atomic E-state index is 12.5. The van der Waals surface area contributed by atoms with E-state index in [1.165, 1.54) is 13.8 Å². The molecule has 84 valence electrons. The fraction of sp³-hybridized carbons (Fsp3) is 0.444. The first-order valence-electron chi connectivity index (χ1n) is 4.33. The molecule has 0 aliphatic carbocycles. The van der Waals surface area contributed by atoms with Gasteiger partial charge < -0.3 is 10.3 Å². The van der Waals surface area contributed by atoms with Crippen LogP contribution < -0.4 is 11.3 Å². The third kappa shape index (κ3) is 2.14. The smallest absolute Gasteiger partial charge is 0.394 e. The number of alkyl halides is 3. The number of nitrogens with zero attached hydrogens (tertiary/aromatic N) is 1. The SMILES string of the molecule is CC(C)n1c(C(F)(F)F)ccc(N)c1=O. The zero-order valence-electron chi connectivity index (χ0n) is 8.30. The predicted molar refractivity (Wildman–Crippen MR) is 50.5 cm³/mol. The Kier molecular flexibility index (Phi) is 2.79. The second-order valence-electron chi connectivity index (χ2n) is 3.44. The highest BCUT2D eigenvalue weighted by Crippen LogP contribution is 2.30. The van der Waals surface area contributed by atoms with Gasteiger partial charge in [-0.2, -0.15) is 13.2 Å². The van der Waals surface area contributed by atoms with Crippen molar-refractivity contribution in [2.75, 3.05) is 5.73 Å². The Morgan fingerprint density at radius 2 is 1.87 bits per heavy atom. The predicted octanol–water partition coefficient (Wildman–Crippen LogP) is 2.03. The number of hydrogen-bond acceptors (Lipinski definition) is 2. The molecular formula is C9H11F3N2O. The number of nitrogen functional groups attached to an aromatic ring is 1. The monoisotopic (exact) mass is 220 g/mol. The first kappa shape index (κ1) is 11.6. The Labute approximate surface area is 84.3 Å².